The fourth-order valence-corrected chi connectivity index (χ4v) is 11.7. The fourth-order valence-electron chi connectivity index (χ4n) is 11.7. The Bertz CT molecular complexity index is 4320. The topological polar surface area (TPSA) is 72.3 Å². The van der Waals surface area contributed by atoms with Gasteiger partial charge in [0.15, 0.2) is 17.5 Å². The van der Waals surface area contributed by atoms with Crippen LogP contribution in [-0.4, -0.2) is 24.1 Å². The molecular weight excluding hydrogens is 889 g/mol. The van der Waals surface area contributed by atoms with Crippen molar-refractivity contribution in [2.24, 2.45) is 0 Å². The van der Waals surface area contributed by atoms with Crippen LogP contribution in [0.5, 0.6) is 0 Å². The molecule has 0 aliphatic heterocycles. The van der Waals surface area contributed by atoms with Crippen LogP contribution < -0.4 is 0 Å². The number of hydrogen-bond acceptors (Lipinski definition) is 4. The zero-order valence-electron chi connectivity index (χ0n) is 40.1. The van der Waals surface area contributed by atoms with Crippen LogP contribution in [-0.2, 0) is 5.41 Å². The van der Waals surface area contributed by atoms with Gasteiger partial charge in [0.2, 0.25) is 0 Å². The quantitative estimate of drug-likeness (QED) is 0.160. The van der Waals surface area contributed by atoms with Crippen molar-refractivity contribution in [3.63, 3.8) is 0 Å². The highest BCUT2D eigenvalue weighted by molar-refractivity contribution is 6.26. The molecule has 3 heterocycles. The predicted octanol–water partition coefficient (Wildman–Crippen LogP) is 16.6. The molecule has 73 heavy (non-hydrogen) atoms. The largest absolute Gasteiger partial charge is 0.309 e. The Labute approximate surface area is 422 Å². The maximum absolute atomic E-state index is 11.3. The average Bonchev–Trinajstić information content (AvgIpc) is 4.07. The summed E-state index contributed by atoms with van der Waals surface area (Å²) < 4.78 is 4.71. The lowest BCUT2D eigenvalue weighted by Gasteiger charge is -2.22. The predicted molar refractivity (Wildman–Crippen MR) is 298 cm³/mol. The highest BCUT2D eigenvalue weighted by atomic mass is 15.0. The molecule has 0 radical (unpaired) electrons. The molecule has 0 amide bonds. The van der Waals surface area contributed by atoms with E-state index in [1.807, 2.05) is 66.7 Å². The molecule has 1 aliphatic rings. The minimum absolute atomic E-state index is 0.149. The molecule has 0 saturated carbocycles. The summed E-state index contributed by atoms with van der Waals surface area (Å²) >= 11 is 0. The summed E-state index contributed by atoms with van der Waals surface area (Å²) in [5.74, 6) is 1.56. The van der Waals surface area contributed by atoms with E-state index >= 15 is 0 Å². The molecule has 13 aromatic rings. The van der Waals surface area contributed by atoms with E-state index in [1.165, 1.54) is 22.3 Å². The second-order valence-corrected chi connectivity index (χ2v) is 19.4. The number of hydrogen-bond donors (Lipinski definition) is 0. The molecule has 0 fully saturated rings. The third-order valence-corrected chi connectivity index (χ3v) is 15.1. The summed E-state index contributed by atoms with van der Waals surface area (Å²) in [6.07, 6.45) is 0. The van der Waals surface area contributed by atoms with Crippen LogP contribution in [0.15, 0.2) is 231 Å². The zero-order valence-corrected chi connectivity index (χ0v) is 40.1. The Morgan fingerprint density at radius 3 is 1.58 bits per heavy atom. The van der Waals surface area contributed by atoms with Crippen molar-refractivity contribution < 1.29 is 0 Å². The molecule has 6 nitrogen and oxygen atoms in total. The third-order valence-electron chi connectivity index (χ3n) is 15.1. The van der Waals surface area contributed by atoms with Gasteiger partial charge in [0, 0.05) is 49.3 Å². The van der Waals surface area contributed by atoms with E-state index in [0.29, 0.717) is 28.6 Å². The molecule has 6 heteroatoms. The number of rotatable bonds is 7. The molecule has 1 aliphatic carbocycles. The number of benzene rings is 10. The minimum atomic E-state index is -0.149. The smallest absolute Gasteiger partial charge is 0.164 e. The van der Waals surface area contributed by atoms with Crippen molar-refractivity contribution in [2.45, 2.75) is 19.3 Å². The van der Waals surface area contributed by atoms with E-state index in [9.17, 15) is 5.26 Å². The zero-order chi connectivity index (χ0) is 48.8. The molecule has 0 unspecified atom stereocenters. The first-order valence-electron chi connectivity index (χ1n) is 24.8. The Morgan fingerprint density at radius 1 is 0.384 bits per heavy atom. The highest BCUT2D eigenvalue weighted by Crippen LogP contribution is 2.50. The Morgan fingerprint density at radius 2 is 0.918 bits per heavy atom. The molecule has 14 rings (SSSR count). The maximum Gasteiger partial charge on any atom is 0.164 e. The number of para-hydroxylation sites is 2. The monoisotopic (exact) mass is 932 g/mol. The van der Waals surface area contributed by atoms with Gasteiger partial charge in [-0.05, 0) is 93.0 Å². The van der Waals surface area contributed by atoms with Gasteiger partial charge in [-0.1, -0.05) is 196 Å². The lowest BCUT2D eigenvalue weighted by molar-refractivity contribution is 0.660. The first-order valence-corrected chi connectivity index (χ1v) is 24.8. The van der Waals surface area contributed by atoms with Crippen LogP contribution in [0.2, 0.25) is 0 Å². The number of fused-ring (bicyclic) bond motifs is 10. The van der Waals surface area contributed by atoms with Crippen LogP contribution >= 0.6 is 0 Å². The van der Waals surface area contributed by atoms with Crippen LogP contribution in [0.1, 0.15) is 30.5 Å². The van der Waals surface area contributed by atoms with Gasteiger partial charge < -0.3 is 9.13 Å². The van der Waals surface area contributed by atoms with Crippen molar-refractivity contribution >= 4 is 43.6 Å². The molecule has 0 bridgehead atoms. The average molecular weight is 933 g/mol. The van der Waals surface area contributed by atoms with E-state index in [0.717, 1.165) is 88.4 Å². The third kappa shape index (κ3) is 6.53. The normalized spacial score (nSPS) is 12.6. The number of nitrogens with zero attached hydrogens (tertiary/aromatic N) is 6. The van der Waals surface area contributed by atoms with Gasteiger partial charge in [-0.2, -0.15) is 5.26 Å². The summed E-state index contributed by atoms with van der Waals surface area (Å²) in [5.41, 5.74) is 18.4. The van der Waals surface area contributed by atoms with Gasteiger partial charge in [-0.15, -0.1) is 0 Å². The Balaban J connectivity index is 0.982. The van der Waals surface area contributed by atoms with Crippen LogP contribution in [0.4, 0.5) is 0 Å². The maximum atomic E-state index is 11.3. The lowest BCUT2D eigenvalue weighted by atomic mass is 9.82. The molecule has 0 N–H and O–H groups in total. The molecule has 0 spiro atoms. The van der Waals surface area contributed by atoms with Gasteiger partial charge in [-0.3, -0.25) is 0 Å². The van der Waals surface area contributed by atoms with Crippen molar-refractivity contribution in [1.29, 1.82) is 5.26 Å². The second kappa shape index (κ2) is 16.4. The van der Waals surface area contributed by atoms with Gasteiger partial charge in [0.05, 0.1) is 33.3 Å². The van der Waals surface area contributed by atoms with Crippen molar-refractivity contribution in [2.75, 3.05) is 0 Å². The molecule has 0 atom stereocenters. The highest BCUT2D eigenvalue weighted by Gasteiger charge is 2.35. The van der Waals surface area contributed by atoms with Gasteiger partial charge >= 0.3 is 0 Å². The fraction of sp³-hybridized carbons (Fsp3) is 0.0448. The summed E-state index contributed by atoms with van der Waals surface area (Å²) in [6.45, 7) is 4.67. The van der Waals surface area contributed by atoms with Gasteiger partial charge in [0.1, 0.15) is 6.07 Å². The SMILES string of the molecule is CC1(C)c2ccccc2-c2ccc(-n3c4ccccc4c4c3ccc3c5ccccc5n(-c5ccc(-c6nc(-c7ccccc7-c7ccccc7)nc(-c7ccccc7-c7ccccc7)n6)cc5C#N)c34)cc21. The molecule has 10 aromatic carbocycles. The second-order valence-electron chi connectivity index (χ2n) is 19.4. The van der Waals surface area contributed by atoms with Crippen LogP contribution in [0, 0.1) is 11.3 Å². The molecule has 0 saturated heterocycles. The molecule has 342 valence electrons. The Kier molecular flexibility index (Phi) is 9.51. The number of aromatic nitrogens is 5. The van der Waals surface area contributed by atoms with E-state index in [4.69, 9.17) is 15.0 Å². The summed E-state index contributed by atoms with van der Waals surface area (Å²) in [6, 6.07) is 83.4. The minimum Gasteiger partial charge on any atom is -0.309 e. The van der Waals surface area contributed by atoms with Crippen LogP contribution in [0.25, 0.3) is 123 Å². The Hall–Kier alpha value is -9.70. The van der Waals surface area contributed by atoms with Gasteiger partial charge in [-0.25, -0.2) is 15.0 Å². The standard InChI is InChI=1S/C67H44N6/c1-67(2)56-30-16-13-25-49(56)50-35-34-46(40-57(50)67)72-60-32-18-15-29-55(60)62-61(72)38-36-52-51-26-14-17-31-59(51)73(63(52)62)58-37-33-44(39-45(58)41-68)64-69-65(53-27-11-9-23-47(53)42-19-5-3-6-20-42)71-66(70-64)54-28-12-10-24-48(54)43-21-7-4-8-22-43/h3-40H,1-2H3. The summed E-state index contributed by atoms with van der Waals surface area (Å²) in [7, 11) is 0. The van der Waals surface area contributed by atoms with Crippen molar-refractivity contribution in [1.82, 2.24) is 24.1 Å². The first kappa shape index (κ1) is 42.2. The van der Waals surface area contributed by atoms with E-state index in [2.05, 4.69) is 193 Å². The lowest BCUT2D eigenvalue weighted by Crippen LogP contribution is -2.15. The van der Waals surface area contributed by atoms with Crippen LogP contribution in [0.3, 0.4) is 0 Å². The summed E-state index contributed by atoms with van der Waals surface area (Å²) in [4.78, 5) is 15.8. The first-order chi connectivity index (χ1) is 35.9. The van der Waals surface area contributed by atoms with E-state index < -0.39 is 0 Å². The summed E-state index contributed by atoms with van der Waals surface area (Å²) in [5, 5.41) is 15.8. The van der Waals surface area contributed by atoms with E-state index in [-0.39, 0.29) is 5.41 Å². The molecule has 3 aromatic heterocycles. The van der Waals surface area contributed by atoms with Crippen molar-refractivity contribution in [3.05, 3.63) is 247 Å². The van der Waals surface area contributed by atoms with E-state index in [1.54, 1.807) is 0 Å². The van der Waals surface area contributed by atoms with Crippen molar-refractivity contribution in [3.8, 4) is 85.0 Å². The number of nitriles is 1. The molecular formula is C67H44N6. The van der Waals surface area contributed by atoms with Gasteiger partial charge in [0.25, 0.3) is 0 Å².